The average Bonchev–Trinajstić information content (AvgIpc) is 2.30. The number of morpholine rings is 1. The molecular formula is C12H16INO2. The van der Waals surface area contributed by atoms with Crippen molar-refractivity contribution in [2.45, 2.75) is 0 Å². The van der Waals surface area contributed by atoms with Gasteiger partial charge in [-0.25, -0.2) is 0 Å². The Balaban J connectivity index is 1.71. The van der Waals surface area contributed by atoms with Gasteiger partial charge < -0.3 is 9.47 Å². The minimum Gasteiger partial charge on any atom is -0.492 e. The van der Waals surface area contributed by atoms with Crippen LogP contribution >= 0.6 is 22.6 Å². The summed E-state index contributed by atoms with van der Waals surface area (Å²) in [6.45, 7) is 5.48. The van der Waals surface area contributed by atoms with Crippen LogP contribution in [-0.2, 0) is 4.74 Å². The average molecular weight is 333 g/mol. The third kappa shape index (κ3) is 3.92. The van der Waals surface area contributed by atoms with Crippen LogP contribution in [0.2, 0.25) is 0 Å². The normalized spacial score (nSPS) is 17.3. The highest BCUT2D eigenvalue weighted by molar-refractivity contribution is 14.1. The van der Waals surface area contributed by atoms with Crippen LogP contribution in [0.5, 0.6) is 5.75 Å². The van der Waals surface area contributed by atoms with Crippen LogP contribution in [0.4, 0.5) is 0 Å². The van der Waals surface area contributed by atoms with Gasteiger partial charge in [0.1, 0.15) is 12.4 Å². The number of halogens is 1. The molecule has 0 unspecified atom stereocenters. The van der Waals surface area contributed by atoms with Crippen LogP contribution in [0.1, 0.15) is 0 Å². The van der Waals surface area contributed by atoms with Gasteiger partial charge in [-0.15, -0.1) is 0 Å². The number of hydrogen-bond donors (Lipinski definition) is 0. The highest BCUT2D eigenvalue weighted by atomic mass is 127. The monoisotopic (exact) mass is 333 g/mol. The van der Waals surface area contributed by atoms with Gasteiger partial charge in [0.15, 0.2) is 0 Å². The standard InChI is InChI=1S/C12H16INO2/c13-11-2-1-3-12(10-11)16-9-6-14-4-7-15-8-5-14/h1-3,10H,4-9H2. The lowest BCUT2D eigenvalue weighted by Crippen LogP contribution is -2.38. The molecule has 0 spiro atoms. The Hall–Kier alpha value is -0.330. The van der Waals surface area contributed by atoms with Crippen molar-refractivity contribution in [3.63, 3.8) is 0 Å². The summed E-state index contributed by atoms with van der Waals surface area (Å²) in [7, 11) is 0. The maximum Gasteiger partial charge on any atom is 0.120 e. The molecule has 0 radical (unpaired) electrons. The Bertz CT molecular complexity index is 327. The number of nitrogens with zero attached hydrogens (tertiary/aromatic N) is 1. The SMILES string of the molecule is Ic1cccc(OCCN2CCOCC2)c1. The van der Waals surface area contributed by atoms with Crippen LogP contribution in [0.15, 0.2) is 24.3 Å². The number of ether oxygens (including phenoxy) is 2. The van der Waals surface area contributed by atoms with E-state index in [9.17, 15) is 0 Å². The molecule has 0 atom stereocenters. The molecule has 0 N–H and O–H groups in total. The molecule has 4 heteroatoms. The smallest absolute Gasteiger partial charge is 0.120 e. The Morgan fingerprint density at radius 3 is 2.88 bits per heavy atom. The highest BCUT2D eigenvalue weighted by Crippen LogP contribution is 2.14. The van der Waals surface area contributed by atoms with Crippen molar-refractivity contribution in [1.82, 2.24) is 4.90 Å². The molecule has 1 heterocycles. The Kier molecular flexibility index (Phi) is 4.87. The van der Waals surface area contributed by atoms with E-state index in [0.717, 1.165) is 45.2 Å². The van der Waals surface area contributed by atoms with E-state index in [1.807, 2.05) is 12.1 Å². The van der Waals surface area contributed by atoms with Gasteiger partial charge in [0.2, 0.25) is 0 Å². The first-order valence-corrected chi connectivity index (χ1v) is 6.61. The van der Waals surface area contributed by atoms with Crippen molar-refractivity contribution in [3.05, 3.63) is 27.8 Å². The molecule has 16 heavy (non-hydrogen) atoms. The summed E-state index contributed by atoms with van der Waals surface area (Å²) in [4.78, 5) is 2.37. The van der Waals surface area contributed by atoms with Gasteiger partial charge in [-0.1, -0.05) is 6.07 Å². The lowest BCUT2D eigenvalue weighted by atomic mass is 10.3. The van der Waals surface area contributed by atoms with E-state index >= 15 is 0 Å². The quantitative estimate of drug-likeness (QED) is 0.787. The first kappa shape index (κ1) is 12.1. The van der Waals surface area contributed by atoms with Gasteiger partial charge in [0.25, 0.3) is 0 Å². The molecule has 1 aliphatic heterocycles. The van der Waals surface area contributed by atoms with Crippen molar-refractivity contribution < 1.29 is 9.47 Å². The van der Waals surface area contributed by atoms with E-state index in [2.05, 4.69) is 39.6 Å². The van der Waals surface area contributed by atoms with Gasteiger partial charge in [-0.2, -0.15) is 0 Å². The second kappa shape index (κ2) is 6.42. The zero-order valence-corrected chi connectivity index (χ0v) is 11.4. The van der Waals surface area contributed by atoms with Crippen molar-refractivity contribution in [1.29, 1.82) is 0 Å². The molecule has 2 rings (SSSR count). The molecule has 1 aromatic rings. The van der Waals surface area contributed by atoms with Gasteiger partial charge in [-0.3, -0.25) is 4.90 Å². The molecule has 0 saturated carbocycles. The third-order valence-electron chi connectivity index (χ3n) is 2.58. The largest absolute Gasteiger partial charge is 0.492 e. The minimum absolute atomic E-state index is 0.750. The maximum atomic E-state index is 5.70. The Morgan fingerprint density at radius 2 is 2.12 bits per heavy atom. The fourth-order valence-corrected chi connectivity index (χ4v) is 2.19. The molecule has 0 bridgehead atoms. The molecule has 88 valence electrons. The first-order chi connectivity index (χ1) is 7.84. The van der Waals surface area contributed by atoms with Crippen molar-refractivity contribution in [3.8, 4) is 5.75 Å². The van der Waals surface area contributed by atoms with E-state index in [1.54, 1.807) is 0 Å². The summed E-state index contributed by atoms with van der Waals surface area (Å²) in [5.74, 6) is 0.958. The van der Waals surface area contributed by atoms with E-state index in [1.165, 1.54) is 3.57 Å². The minimum atomic E-state index is 0.750. The lowest BCUT2D eigenvalue weighted by Gasteiger charge is -2.26. The molecule has 0 aromatic heterocycles. The van der Waals surface area contributed by atoms with Crippen LogP contribution in [0.3, 0.4) is 0 Å². The van der Waals surface area contributed by atoms with E-state index in [0.29, 0.717) is 0 Å². The van der Waals surface area contributed by atoms with Gasteiger partial charge >= 0.3 is 0 Å². The Labute approximate surface area is 110 Å². The molecule has 0 amide bonds. The van der Waals surface area contributed by atoms with E-state index < -0.39 is 0 Å². The van der Waals surface area contributed by atoms with E-state index in [-0.39, 0.29) is 0 Å². The fraction of sp³-hybridized carbons (Fsp3) is 0.500. The molecular weight excluding hydrogens is 317 g/mol. The molecule has 1 saturated heterocycles. The van der Waals surface area contributed by atoms with Gasteiger partial charge in [-0.05, 0) is 40.8 Å². The summed E-state index contributed by atoms with van der Waals surface area (Å²) in [6.07, 6.45) is 0. The molecule has 1 fully saturated rings. The molecule has 0 aliphatic carbocycles. The molecule has 1 aromatic carbocycles. The lowest BCUT2D eigenvalue weighted by molar-refractivity contribution is 0.0322. The summed E-state index contributed by atoms with van der Waals surface area (Å²) < 4.78 is 12.2. The zero-order chi connectivity index (χ0) is 11.2. The topological polar surface area (TPSA) is 21.7 Å². The summed E-state index contributed by atoms with van der Waals surface area (Å²) in [5, 5.41) is 0. The van der Waals surface area contributed by atoms with Crippen LogP contribution in [0, 0.1) is 3.57 Å². The summed E-state index contributed by atoms with van der Waals surface area (Å²) in [5.41, 5.74) is 0. The summed E-state index contributed by atoms with van der Waals surface area (Å²) in [6, 6.07) is 8.14. The highest BCUT2D eigenvalue weighted by Gasteiger charge is 2.09. The molecule has 3 nitrogen and oxygen atoms in total. The van der Waals surface area contributed by atoms with Crippen molar-refractivity contribution in [2.75, 3.05) is 39.5 Å². The second-order valence-corrected chi connectivity index (χ2v) is 5.01. The zero-order valence-electron chi connectivity index (χ0n) is 9.19. The van der Waals surface area contributed by atoms with Crippen LogP contribution in [0.25, 0.3) is 0 Å². The second-order valence-electron chi connectivity index (χ2n) is 3.76. The predicted molar refractivity (Wildman–Crippen MR) is 71.9 cm³/mol. The molecule has 1 aliphatic rings. The van der Waals surface area contributed by atoms with Crippen molar-refractivity contribution >= 4 is 22.6 Å². The maximum absolute atomic E-state index is 5.70. The third-order valence-corrected chi connectivity index (χ3v) is 3.25. The van der Waals surface area contributed by atoms with Crippen LogP contribution < -0.4 is 4.74 Å². The number of benzene rings is 1. The van der Waals surface area contributed by atoms with Crippen LogP contribution in [-0.4, -0.2) is 44.4 Å². The summed E-state index contributed by atoms with van der Waals surface area (Å²) >= 11 is 2.29. The first-order valence-electron chi connectivity index (χ1n) is 5.53. The van der Waals surface area contributed by atoms with Gasteiger partial charge in [0.05, 0.1) is 13.2 Å². The Morgan fingerprint density at radius 1 is 1.31 bits per heavy atom. The predicted octanol–water partition coefficient (Wildman–Crippen LogP) is 2.00. The number of rotatable bonds is 4. The van der Waals surface area contributed by atoms with Crippen molar-refractivity contribution in [2.24, 2.45) is 0 Å². The fourth-order valence-electron chi connectivity index (χ4n) is 1.67. The van der Waals surface area contributed by atoms with Gasteiger partial charge in [0, 0.05) is 23.2 Å². The number of hydrogen-bond acceptors (Lipinski definition) is 3. The van der Waals surface area contributed by atoms with E-state index in [4.69, 9.17) is 9.47 Å².